The van der Waals surface area contributed by atoms with E-state index >= 15 is 0 Å². The standard InChI is InChI=1S/C16H14Cl3NOS/c17-13-6-5-11(15(19)7-13)8-20-16(21)10-22-9-12-3-1-2-4-14(12)18/h1-7H,8-10H2,(H,20,21). The van der Waals surface area contributed by atoms with Crippen LogP contribution in [-0.2, 0) is 17.1 Å². The van der Waals surface area contributed by atoms with Crippen LogP contribution in [0.4, 0.5) is 0 Å². The van der Waals surface area contributed by atoms with Crippen molar-refractivity contribution < 1.29 is 4.79 Å². The van der Waals surface area contributed by atoms with Gasteiger partial charge in [-0.2, -0.15) is 0 Å². The minimum absolute atomic E-state index is 0.0388. The molecule has 1 amide bonds. The van der Waals surface area contributed by atoms with Gasteiger partial charge in [0.25, 0.3) is 0 Å². The Bertz CT molecular complexity index is 664. The van der Waals surface area contributed by atoms with Crippen molar-refractivity contribution in [3.8, 4) is 0 Å². The zero-order valence-electron chi connectivity index (χ0n) is 11.6. The molecule has 116 valence electrons. The van der Waals surface area contributed by atoms with Gasteiger partial charge in [-0.15, -0.1) is 11.8 Å². The van der Waals surface area contributed by atoms with E-state index < -0.39 is 0 Å². The molecule has 0 saturated heterocycles. The molecule has 0 fully saturated rings. The summed E-state index contributed by atoms with van der Waals surface area (Å²) in [4.78, 5) is 11.8. The Morgan fingerprint density at radius 3 is 2.50 bits per heavy atom. The fourth-order valence-electron chi connectivity index (χ4n) is 1.78. The van der Waals surface area contributed by atoms with Crippen molar-refractivity contribution in [3.63, 3.8) is 0 Å². The second kappa shape index (κ2) is 8.68. The van der Waals surface area contributed by atoms with E-state index in [0.717, 1.165) is 16.1 Å². The van der Waals surface area contributed by atoms with Crippen molar-refractivity contribution in [1.82, 2.24) is 5.32 Å². The number of nitrogens with one attached hydrogen (secondary N) is 1. The van der Waals surface area contributed by atoms with Crippen molar-refractivity contribution in [3.05, 3.63) is 68.7 Å². The van der Waals surface area contributed by atoms with E-state index in [1.54, 1.807) is 12.1 Å². The van der Waals surface area contributed by atoms with E-state index in [-0.39, 0.29) is 5.91 Å². The number of hydrogen-bond acceptors (Lipinski definition) is 2. The van der Waals surface area contributed by atoms with Crippen LogP contribution in [-0.4, -0.2) is 11.7 Å². The van der Waals surface area contributed by atoms with Gasteiger partial charge in [0, 0.05) is 27.4 Å². The lowest BCUT2D eigenvalue weighted by Crippen LogP contribution is -2.24. The van der Waals surface area contributed by atoms with E-state index in [0.29, 0.717) is 28.1 Å². The van der Waals surface area contributed by atoms with Crippen LogP contribution in [0.2, 0.25) is 15.1 Å². The van der Waals surface area contributed by atoms with Crippen molar-refractivity contribution in [2.75, 3.05) is 5.75 Å². The maximum Gasteiger partial charge on any atom is 0.230 e. The molecule has 2 aromatic rings. The van der Waals surface area contributed by atoms with E-state index in [1.807, 2.05) is 30.3 Å². The Morgan fingerprint density at radius 2 is 1.77 bits per heavy atom. The Balaban J connectivity index is 1.75. The average Bonchev–Trinajstić information content (AvgIpc) is 2.48. The number of hydrogen-bond donors (Lipinski definition) is 1. The number of halogens is 3. The molecule has 6 heteroatoms. The molecule has 1 N–H and O–H groups in total. The molecule has 22 heavy (non-hydrogen) atoms. The summed E-state index contributed by atoms with van der Waals surface area (Å²) in [6.07, 6.45) is 0. The lowest BCUT2D eigenvalue weighted by atomic mass is 10.2. The monoisotopic (exact) mass is 373 g/mol. The molecular weight excluding hydrogens is 361 g/mol. The predicted molar refractivity (Wildman–Crippen MR) is 95.9 cm³/mol. The molecule has 0 aliphatic carbocycles. The molecule has 2 rings (SSSR count). The first-order chi connectivity index (χ1) is 10.6. The molecule has 2 aromatic carbocycles. The number of carbonyl (C=O) groups is 1. The number of amides is 1. The SMILES string of the molecule is O=C(CSCc1ccccc1Cl)NCc1ccc(Cl)cc1Cl. The second-order valence-corrected chi connectivity index (χ2v) is 6.83. The van der Waals surface area contributed by atoms with E-state index in [4.69, 9.17) is 34.8 Å². The molecule has 2 nitrogen and oxygen atoms in total. The maximum absolute atomic E-state index is 11.8. The fourth-order valence-corrected chi connectivity index (χ4v) is 3.40. The quantitative estimate of drug-likeness (QED) is 0.753. The molecule has 0 atom stereocenters. The molecule has 0 aromatic heterocycles. The van der Waals surface area contributed by atoms with Crippen LogP contribution in [0.25, 0.3) is 0 Å². The summed E-state index contributed by atoms with van der Waals surface area (Å²) in [5.74, 6) is 1.04. The second-order valence-electron chi connectivity index (χ2n) is 4.60. The van der Waals surface area contributed by atoms with Gasteiger partial charge >= 0.3 is 0 Å². The summed E-state index contributed by atoms with van der Waals surface area (Å²) in [5.41, 5.74) is 1.87. The first kappa shape index (κ1) is 17.5. The Labute approximate surface area is 149 Å². The van der Waals surface area contributed by atoms with Gasteiger partial charge in [-0.05, 0) is 29.3 Å². The molecule has 0 bridgehead atoms. The van der Waals surface area contributed by atoms with Gasteiger partial charge in [0.05, 0.1) is 5.75 Å². The summed E-state index contributed by atoms with van der Waals surface area (Å²) in [6, 6.07) is 12.9. The Hall–Kier alpha value is -0.870. The normalized spacial score (nSPS) is 10.5. The van der Waals surface area contributed by atoms with Crippen LogP contribution < -0.4 is 5.32 Å². The van der Waals surface area contributed by atoms with Gasteiger partial charge in [-0.25, -0.2) is 0 Å². The third-order valence-electron chi connectivity index (χ3n) is 2.94. The van der Waals surface area contributed by atoms with E-state index in [1.165, 1.54) is 11.8 Å². The van der Waals surface area contributed by atoms with Crippen LogP contribution in [0, 0.1) is 0 Å². The maximum atomic E-state index is 11.8. The minimum atomic E-state index is -0.0388. The third kappa shape index (κ3) is 5.40. The van der Waals surface area contributed by atoms with E-state index in [2.05, 4.69) is 5.32 Å². The van der Waals surface area contributed by atoms with Crippen LogP contribution in [0.1, 0.15) is 11.1 Å². The van der Waals surface area contributed by atoms with Gasteiger partial charge in [-0.1, -0.05) is 59.1 Å². The fraction of sp³-hybridized carbons (Fsp3) is 0.188. The largest absolute Gasteiger partial charge is 0.351 e. The van der Waals surface area contributed by atoms with Gasteiger partial charge < -0.3 is 5.32 Å². The van der Waals surface area contributed by atoms with Crippen molar-refractivity contribution in [2.45, 2.75) is 12.3 Å². The summed E-state index contributed by atoms with van der Waals surface area (Å²) >= 11 is 19.5. The van der Waals surface area contributed by atoms with Crippen molar-refractivity contribution in [2.24, 2.45) is 0 Å². The number of benzene rings is 2. The molecule has 0 saturated carbocycles. The lowest BCUT2D eigenvalue weighted by molar-refractivity contribution is -0.118. The molecular formula is C16H14Cl3NOS. The highest BCUT2D eigenvalue weighted by atomic mass is 35.5. The van der Waals surface area contributed by atoms with Gasteiger partial charge in [0.2, 0.25) is 5.91 Å². The Morgan fingerprint density at radius 1 is 1.00 bits per heavy atom. The minimum Gasteiger partial charge on any atom is -0.351 e. The molecule has 0 spiro atoms. The summed E-state index contributed by atoms with van der Waals surface area (Å²) in [7, 11) is 0. The molecule has 0 aliphatic rings. The zero-order chi connectivity index (χ0) is 15.9. The highest BCUT2D eigenvalue weighted by Gasteiger charge is 2.06. The first-order valence-electron chi connectivity index (χ1n) is 6.58. The van der Waals surface area contributed by atoms with Crippen LogP contribution in [0.5, 0.6) is 0 Å². The van der Waals surface area contributed by atoms with Gasteiger partial charge in [0.15, 0.2) is 0 Å². The van der Waals surface area contributed by atoms with Crippen LogP contribution in [0.3, 0.4) is 0 Å². The topological polar surface area (TPSA) is 29.1 Å². The molecule has 0 aliphatic heterocycles. The van der Waals surface area contributed by atoms with Crippen LogP contribution >= 0.6 is 46.6 Å². The van der Waals surface area contributed by atoms with Gasteiger partial charge in [-0.3, -0.25) is 4.79 Å². The summed E-state index contributed by atoms with van der Waals surface area (Å²) in [6.45, 7) is 0.390. The van der Waals surface area contributed by atoms with Gasteiger partial charge in [0.1, 0.15) is 0 Å². The highest BCUT2D eigenvalue weighted by Crippen LogP contribution is 2.22. The number of carbonyl (C=O) groups excluding carboxylic acids is 1. The number of rotatable bonds is 6. The van der Waals surface area contributed by atoms with Crippen molar-refractivity contribution >= 4 is 52.5 Å². The average molecular weight is 375 g/mol. The van der Waals surface area contributed by atoms with Crippen molar-refractivity contribution in [1.29, 1.82) is 0 Å². The number of thioether (sulfide) groups is 1. The Kier molecular flexibility index (Phi) is 6.90. The van der Waals surface area contributed by atoms with E-state index in [9.17, 15) is 4.79 Å². The first-order valence-corrected chi connectivity index (χ1v) is 8.87. The summed E-state index contributed by atoms with van der Waals surface area (Å²) in [5, 5.41) is 4.70. The molecule has 0 heterocycles. The summed E-state index contributed by atoms with van der Waals surface area (Å²) < 4.78 is 0. The lowest BCUT2D eigenvalue weighted by Gasteiger charge is -2.08. The smallest absolute Gasteiger partial charge is 0.230 e. The molecule has 0 radical (unpaired) electrons. The molecule has 0 unspecified atom stereocenters. The third-order valence-corrected chi connectivity index (χ3v) is 4.88. The van der Waals surface area contributed by atoms with Crippen LogP contribution in [0.15, 0.2) is 42.5 Å². The highest BCUT2D eigenvalue weighted by molar-refractivity contribution is 7.99. The zero-order valence-corrected chi connectivity index (χ0v) is 14.7. The predicted octanol–water partition coefficient (Wildman–Crippen LogP) is 5.20.